The molecule has 0 aliphatic heterocycles. The van der Waals surface area contributed by atoms with E-state index in [0.717, 1.165) is 6.92 Å². The van der Waals surface area contributed by atoms with Gasteiger partial charge in [0.15, 0.2) is 0 Å². The summed E-state index contributed by atoms with van der Waals surface area (Å²) in [5.41, 5.74) is -1.94. The van der Waals surface area contributed by atoms with Crippen LogP contribution in [0.4, 0.5) is 17.6 Å². The van der Waals surface area contributed by atoms with E-state index in [1.807, 2.05) is 0 Å². The molecule has 0 fully saturated rings. The molecule has 11 heteroatoms. The Labute approximate surface area is 189 Å². The number of ether oxygens (including phenoxy) is 4. The van der Waals surface area contributed by atoms with Crippen molar-refractivity contribution in [3.05, 3.63) is 48.0 Å². The van der Waals surface area contributed by atoms with Gasteiger partial charge in [-0.05, 0) is 20.8 Å². The summed E-state index contributed by atoms with van der Waals surface area (Å²) in [5.74, 6) is -6.22. The maximum absolute atomic E-state index is 13.9. The van der Waals surface area contributed by atoms with E-state index in [0.29, 0.717) is 0 Å². The van der Waals surface area contributed by atoms with Crippen LogP contribution >= 0.6 is 0 Å². The molecule has 0 amide bonds. The smallest absolute Gasteiger partial charge is 0.451 e. The molecule has 33 heavy (non-hydrogen) atoms. The molecular weight excluding hydrogens is 452 g/mol. The van der Waals surface area contributed by atoms with Gasteiger partial charge in [0.25, 0.3) is 0 Å². The van der Waals surface area contributed by atoms with Crippen molar-refractivity contribution < 1.29 is 50.9 Å². The molecule has 0 N–H and O–H groups in total. The standard InChI is InChI=1S/C22H28F4O7/c1-8-16(23)17(22(24,25)26)30-9-21(10-31-18(27)13(2)3,11-32-19(28)14(4)5)12-33-20(29)15(6)7/h2,4,6,8-12H2,1,3,5,7H3/b17-16+. The molecule has 0 heterocycles. The second-order valence-electron chi connectivity index (χ2n) is 7.44. The molecule has 0 saturated heterocycles. The van der Waals surface area contributed by atoms with E-state index in [-0.39, 0.29) is 16.7 Å². The summed E-state index contributed by atoms with van der Waals surface area (Å²) < 4.78 is 73.5. The Morgan fingerprint density at radius 2 is 1.00 bits per heavy atom. The van der Waals surface area contributed by atoms with Crippen molar-refractivity contribution in [3.8, 4) is 0 Å². The van der Waals surface area contributed by atoms with Crippen molar-refractivity contribution in [3.63, 3.8) is 0 Å². The molecule has 0 rings (SSSR count). The summed E-state index contributed by atoms with van der Waals surface area (Å²) >= 11 is 0. The second-order valence-corrected chi connectivity index (χ2v) is 7.44. The third-order valence-electron chi connectivity index (χ3n) is 3.91. The molecule has 0 spiro atoms. The molecule has 0 aromatic heterocycles. The SMILES string of the molecule is C=C(C)C(=O)OCC(COC(=O)C(=C)C)(COC(=O)C(=C)C)CO/C(=C(/F)CC)C(F)(F)F. The van der Waals surface area contributed by atoms with Crippen LogP contribution in [0.3, 0.4) is 0 Å². The van der Waals surface area contributed by atoms with Gasteiger partial charge in [0, 0.05) is 23.1 Å². The molecule has 7 nitrogen and oxygen atoms in total. The van der Waals surface area contributed by atoms with Crippen LogP contribution in [0.5, 0.6) is 0 Å². The van der Waals surface area contributed by atoms with Gasteiger partial charge < -0.3 is 18.9 Å². The minimum absolute atomic E-state index is 0.0319. The van der Waals surface area contributed by atoms with Crippen LogP contribution in [-0.4, -0.2) is 50.5 Å². The highest BCUT2D eigenvalue weighted by atomic mass is 19.4. The summed E-state index contributed by atoms with van der Waals surface area (Å²) in [5, 5.41) is 0. The number of hydrogen-bond donors (Lipinski definition) is 0. The Hall–Kier alpha value is -3.11. The lowest BCUT2D eigenvalue weighted by Crippen LogP contribution is -2.44. The first-order valence-electron chi connectivity index (χ1n) is 9.63. The van der Waals surface area contributed by atoms with Gasteiger partial charge in [-0.25, -0.2) is 18.8 Å². The molecule has 0 atom stereocenters. The van der Waals surface area contributed by atoms with Crippen LogP contribution in [0.25, 0.3) is 0 Å². The summed E-state index contributed by atoms with van der Waals surface area (Å²) in [4.78, 5) is 35.6. The predicted molar refractivity (Wildman–Crippen MR) is 110 cm³/mol. The van der Waals surface area contributed by atoms with Gasteiger partial charge in [-0.1, -0.05) is 26.7 Å². The van der Waals surface area contributed by atoms with Gasteiger partial charge in [-0.2, -0.15) is 13.2 Å². The summed E-state index contributed by atoms with van der Waals surface area (Å²) in [6.45, 7) is 12.1. The minimum Gasteiger partial charge on any atom is -0.486 e. The van der Waals surface area contributed by atoms with Crippen LogP contribution in [0.15, 0.2) is 48.0 Å². The number of rotatable bonds is 13. The van der Waals surface area contributed by atoms with Gasteiger partial charge in [0.2, 0.25) is 5.76 Å². The molecule has 0 aliphatic carbocycles. The maximum Gasteiger partial charge on any atom is 0.451 e. The average Bonchev–Trinajstić information content (AvgIpc) is 2.71. The second kappa shape index (κ2) is 12.8. The number of carbonyl (C=O) groups is 3. The number of allylic oxidation sites excluding steroid dienone is 2. The van der Waals surface area contributed by atoms with Gasteiger partial charge in [-0.15, -0.1) is 0 Å². The van der Waals surface area contributed by atoms with Crippen LogP contribution in [0, 0.1) is 5.41 Å². The lowest BCUT2D eigenvalue weighted by molar-refractivity contribution is -0.170. The Morgan fingerprint density at radius 1 is 0.697 bits per heavy atom. The zero-order chi connectivity index (χ0) is 26.0. The van der Waals surface area contributed by atoms with Crippen molar-refractivity contribution in [2.24, 2.45) is 5.41 Å². The Balaban J connectivity index is 6.16. The summed E-state index contributed by atoms with van der Waals surface area (Å²) in [7, 11) is 0. The average molecular weight is 480 g/mol. The number of alkyl halides is 3. The third-order valence-corrected chi connectivity index (χ3v) is 3.91. The fourth-order valence-electron chi connectivity index (χ4n) is 1.98. The highest BCUT2D eigenvalue weighted by molar-refractivity contribution is 5.88. The van der Waals surface area contributed by atoms with Crippen molar-refractivity contribution in [1.82, 2.24) is 0 Å². The highest BCUT2D eigenvalue weighted by Gasteiger charge is 2.43. The monoisotopic (exact) mass is 480 g/mol. The van der Waals surface area contributed by atoms with Crippen LogP contribution in [0.1, 0.15) is 34.1 Å². The first-order valence-corrected chi connectivity index (χ1v) is 9.63. The maximum atomic E-state index is 13.9. The zero-order valence-electron chi connectivity index (χ0n) is 19.0. The molecule has 0 radical (unpaired) electrons. The third kappa shape index (κ3) is 10.4. The van der Waals surface area contributed by atoms with Crippen molar-refractivity contribution >= 4 is 17.9 Å². The molecular formula is C22H28F4O7. The van der Waals surface area contributed by atoms with Crippen LogP contribution < -0.4 is 0 Å². The molecule has 0 aromatic rings. The first kappa shape index (κ1) is 29.9. The number of carbonyl (C=O) groups excluding carboxylic acids is 3. The van der Waals surface area contributed by atoms with E-state index in [1.54, 1.807) is 0 Å². The van der Waals surface area contributed by atoms with Gasteiger partial charge in [0.1, 0.15) is 37.7 Å². The van der Waals surface area contributed by atoms with E-state index in [4.69, 9.17) is 18.9 Å². The van der Waals surface area contributed by atoms with Gasteiger partial charge in [0.05, 0.1) is 0 Å². The summed E-state index contributed by atoms with van der Waals surface area (Å²) in [6.07, 6.45) is -5.79. The van der Waals surface area contributed by atoms with Crippen molar-refractivity contribution in [1.29, 1.82) is 0 Å². The van der Waals surface area contributed by atoms with E-state index in [9.17, 15) is 31.9 Å². The highest BCUT2D eigenvalue weighted by Crippen LogP contribution is 2.33. The molecule has 0 unspecified atom stereocenters. The summed E-state index contributed by atoms with van der Waals surface area (Å²) in [6, 6.07) is 0. The van der Waals surface area contributed by atoms with Gasteiger partial charge in [-0.3, -0.25) is 0 Å². The molecule has 0 saturated carbocycles. The molecule has 0 aliphatic rings. The molecule has 186 valence electrons. The number of esters is 3. The Kier molecular flexibility index (Phi) is 11.6. The van der Waals surface area contributed by atoms with E-state index < -0.39 is 73.9 Å². The van der Waals surface area contributed by atoms with Crippen molar-refractivity contribution in [2.75, 3.05) is 26.4 Å². The van der Waals surface area contributed by atoms with Crippen LogP contribution in [0.2, 0.25) is 0 Å². The fraction of sp³-hybridized carbons (Fsp3) is 0.500. The van der Waals surface area contributed by atoms with Gasteiger partial charge >= 0.3 is 24.1 Å². The number of hydrogen-bond acceptors (Lipinski definition) is 7. The molecule has 0 aromatic carbocycles. The lowest BCUT2D eigenvalue weighted by atomic mass is 9.92. The van der Waals surface area contributed by atoms with E-state index >= 15 is 0 Å². The lowest BCUT2D eigenvalue weighted by Gasteiger charge is -2.32. The Bertz CT molecular complexity index is 751. The topological polar surface area (TPSA) is 88.1 Å². The van der Waals surface area contributed by atoms with Crippen molar-refractivity contribution in [2.45, 2.75) is 40.3 Å². The van der Waals surface area contributed by atoms with E-state index in [1.165, 1.54) is 20.8 Å². The fourth-order valence-corrected chi connectivity index (χ4v) is 1.98. The first-order chi connectivity index (χ1) is 15.1. The largest absolute Gasteiger partial charge is 0.486 e. The molecule has 0 bridgehead atoms. The minimum atomic E-state index is -5.18. The van der Waals surface area contributed by atoms with Crippen LogP contribution in [-0.2, 0) is 33.3 Å². The normalized spacial score (nSPS) is 12.2. The number of halogens is 4. The Morgan fingerprint density at radius 3 is 1.24 bits per heavy atom. The van der Waals surface area contributed by atoms with E-state index in [2.05, 4.69) is 19.7 Å². The predicted octanol–water partition coefficient (Wildman–Crippen LogP) is 4.50. The zero-order valence-corrected chi connectivity index (χ0v) is 19.0. The quantitative estimate of drug-likeness (QED) is 0.126.